The van der Waals surface area contributed by atoms with Gasteiger partial charge in [0.2, 0.25) is 5.91 Å². The molecule has 2 N–H and O–H groups in total. The molecule has 0 aliphatic heterocycles. The molecular formula is C20H21NO5. The van der Waals surface area contributed by atoms with Crippen LogP contribution in [0.4, 0.5) is 5.69 Å². The van der Waals surface area contributed by atoms with Gasteiger partial charge in [-0.25, -0.2) is 4.79 Å². The number of rotatable bonds is 8. The molecule has 136 valence electrons. The zero-order chi connectivity index (χ0) is 18.9. The fraction of sp³-hybridized carbons (Fsp3) is 0.200. The van der Waals surface area contributed by atoms with E-state index < -0.39 is 11.9 Å². The zero-order valence-electron chi connectivity index (χ0n) is 14.7. The second-order valence-corrected chi connectivity index (χ2v) is 5.46. The third kappa shape index (κ3) is 5.37. The molecule has 6 nitrogen and oxygen atoms in total. The number of aromatic carboxylic acids is 1. The maximum atomic E-state index is 12.2. The highest BCUT2D eigenvalue weighted by atomic mass is 16.5. The van der Waals surface area contributed by atoms with Crippen LogP contribution in [0.25, 0.3) is 6.08 Å². The van der Waals surface area contributed by atoms with Crippen molar-refractivity contribution in [2.45, 2.75) is 13.3 Å². The van der Waals surface area contributed by atoms with Crippen LogP contribution in [0, 0.1) is 0 Å². The fourth-order valence-electron chi connectivity index (χ4n) is 2.19. The standard InChI is InChI=1S/C20H21NO5/c1-3-11-26-18-9-8-15(20(23)24)13-17(18)21-19(22)10-7-14-5-4-6-16(12-14)25-2/h4-10,12-13H,3,11H2,1-2H3,(H,21,22)(H,23,24)/b10-7+. The number of carboxylic acid groups (broad SMARTS) is 1. The molecular weight excluding hydrogens is 334 g/mol. The zero-order valence-corrected chi connectivity index (χ0v) is 14.7. The molecule has 0 spiro atoms. The van der Waals surface area contributed by atoms with Gasteiger partial charge in [0.05, 0.1) is 25.0 Å². The molecule has 0 radical (unpaired) electrons. The smallest absolute Gasteiger partial charge is 0.335 e. The molecule has 0 atom stereocenters. The van der Waals surface area contributed by atoms with Crippen LogP contribution in [0.15, 0.2) is 48.5 Å². The van der Waals surface area contributed by atoms with E-state index in [2.05, 4.69) is 5.32 Å². The lowest BCUT2D eigenvalue weighted by molar-refractivity contribution is -0.111. The first kappa shape index (κ1) is 19.1. The Morgan fingerprint density at radius 1 is 1.19 bits per heavy atom. The second-order valence-electron chi connectivity index (χ2n) is 5.46. The fourth-order valence-corrected chi connectivity index (χ4v) is 2.19. The monoisotopic (exact) mass is 355 g/mol. The summed E-state index contributed by atoms with van der Waals surface area (Å²) in [6, 6.07) is 11.6. The van der Waals surface area contributed by atoms with Crippen LogP contribution in [-0.2, 0) is 4.79 Å². The van der Waals surface area contributed by atoms with Gasteiger partial charge in [-0.15, -0.1) is 0 Å². The molecule has 0 aliphatic carbocycles. The van der Waals surface area contributed by atoms with Crippen LogP contribution in [0.1, 0.15) is 29.3 Å². The van der Waals surface area contributed by atoms with Gasteiger partial charge < -0.3 is 19.9 Å². The van der Waals surface area contributed by atoms with Gasteiger partial charge in [0.25, 0.3) is 0 Å². The second kappa shape index (κ2) is 9.27. The molecule has 0 heterocycles. The van der Waals surface area contributed by atoms with Crippen molar-refractivity contribution in [3.8, 4) is 11.5 Å². The minimum atomic E-state index is -1.07. The topological polar surface area (TPSA) is 84.9 Å². The van der Waals surface area contributed by atoms with Gasteiger partial charge in [0.1, 0.15) is 11.5 Å². The summed E-state index contributed by atoms with van der Waals surface area (Å²) in [6.07, 6.45) is 3.81. The minimum Gasteiger partial charge on any atom is -0.497 e. The molecule has 0 saturated heterocycles. The van der Waals surface area contributed by atoms with Crippen molar-refractivity contribution in [2.24, 2.45) is 0 Å². The third-order valence-electron chi connectivity index (χ3n) is 3.47. The number of benzene rings is 2. The molecule has 2 rings (SSSR count). The first-order valence-corrected chi connectivity index (χ1v) is 8.16. The molecule has 0 saturated carbocycles. The summed E-state index contributed by atoms with van der Waals surface area (Å²) in [5, 5.41) is 11.8. The highest BCUT2D eigenvalue weighted by Crippen LogP contribution is 2.26. The van der Waals surface area contributed by atoms with Crippen molar-refractivity contribution in [1.82, 2.24) is 0 Å². The Labute approximate surface area is 152 Å². The highest BCUT2D eigenvalue weighted by Gasteiger charge is 2.11. The van der Waals surface area contributed by atoms with Crippen molar-refractivity contribution in [2.75, 3.05) is 19.0 Å². The lowest BCUT2D eigenvalue weighted by atomic mass is 10.1. The Morgan fingerprint density at radius 2 is 2.00 bits per heavy atom. The van der Waals surface area contributed by atoms with Crippen molar-refractivity contribution in [3.05, 3.63) is 59.7 Å². The maximum absolute atomic E-state index is 12.2. The van der Waals surface area contributed by atoms with Gasteiger partial charge in [-0.2, -0.15) is 0 Å². The number of carbonyl (C=O) groups excluding carboxylic acids is 1. The van der Waals surface area contributed by atoms with Gasteiger partial charge in [-0.3, -0.25) is 4.79 Å². The lowest BCUT2D eigenvalue weighted by Gasteiger charge is -2.12. The van der Waals surface area contributed by atoms with E-state index in [1.165, 1.54) is 18.2 Å². The number of methoxy groups -OCH3 is 1. The van der Waals surface area contributed by atoms with Crippen LogP contribution in [0.3, 0.4) is 0 Å². The van der Waals surface area contributed by atoms with Crippen LogP contribution in [-0.4, -0.2) is 30.7 Å². The van der Waals surface area contributed by atoms with E-state index in [1.54, 1.807) is 25.3 Å². The quantitative estimate of drug-likeness (QED) is 0.703. The van der Waals surface area contributed by atoms with Crippen molar-refractivity contribution < 1.29 is 24.2 Å². The Kier molecular flexibility index (Phi) is 6.79. The first-order chi connectivity index (χ1) is 12.5. The highest BCUT2D eigenvalue weighted by molar-refractivity contribution is 6.03. The van der Waals surface area contributed by atoms with E-state index in [1.807, 2.05) is 25.1 Å². The molecule has 0 unspecified atom stereocenters. The van der Waals surface area contributed by atoms with E-state index in [-0.39, 0.29) is 5.56 Å². The van der Waals surface area contributed by atoms with E-state index in [0.29, 0.717) is 23.8 Å². The first-order valence-electron chi connectivity index (χ1n) is 8.16. The van der Waals surface area contributed by atoms with Gasteiger partial charge >= 0.3 is 5.97 Å². The number of hydrogen-bond donors (Lipinski definition) is 2. The number of nitrogens with one attached hydrogen (secondary N) is 1. The number of anilines is 1. The minimum absolute atomic E-state index is 0.0703. The van der Waals surface area contributed by atoms with E-state index in [0.717, 1.165) is 12.0 Å². The summed E-state index contributed by atoms with van der Waals surface area (Å²) in [5.74, 6) is -0.344. The summed E-state index contributed by atoms with van der Waals surface area (Å²) in [6.45, 7) is 2.43. The maximum Gasteiger partial charge on any atom is 0.335 e. The average Bonchev–Trinajstić information content (AvgIpc) is 2.65. The third-order valence-corrected chi connectivity index (χ3v) is 3.47. The molecule has 0 aromatic heterocycles. The van der Waals surface area contributed by atoms with Crippen LogP contribution < -0.4 is 14.8 Å². The number of carboxylic acids is 1. The average molecular weight is 355 g/mol. The molecule has 2 aromatic rings. The molecule has 2 aromatic carbocycles. The Balaban J connectivity index is 2.16. The number of amides is 1. The number of carbonyl (C=O) groups is 2. The summed E-state index contributed by atoms with van der Waals surface area (Å²) >= 11 is 0. The van der Waals surface area contributed by atoms with Gasteiger partial charge in [-0.05, 0) is 48.4 Å². The predicted molar refractivity (Wildman–Crippen MR) is 99.8 cm³/mol. The molecule has 0 fully saturated rings. The van der Waals surface area contributed by atoms with Crippen LogP contribution in [0.5, 0.6) is 11.5 Å². The number of ether oxygens (including phenoxy) is 2. The van der Waals surface area contributed by atoms with Crippen molar-refractivity contribution in [1.29, 1.82) is 0 Å². The summed E-state index contributed by atoms with van der Waals surface area (Å²) in [7, 11) is 1.57. The Hall–Kier alpha value is -3.28. The van der Waals surface area contributed by atoms with Crippen LogP contribution >= 0.6 is 0 Å². The van der Waals surface area contributed by atoms with Crippen LogP contribution in [0.2, 0.25) is 0 Å². The Bertz CT molecular complexity index is 814. The van der Waals surface area contributed by atoms with E-state index >= 15 is 0 Å². The van der Waals surface area contributed by atoms with Crippen molar-refractivity contribution >= 4 is 23.6 Å². The summed E-state index contributed by atoms with van der Waals surface area (Å²) in [5.41, 5.74) is 1.20. The normalized spacial score (nSPS) is 10.5. The van der Waals surface area contributed by atoms with Crippen molar-refractivity contribution in [3.63, 3.8) is 0 Å². The lowest BCUT2D eigenvalue weighted by Crippen LogP contribution is -2.11. The summed E-state index contributed by atoms with van der Waals surface area (Å²) in [4.78, 5) is 23.4. The molecule has 0 bridgehead atoms. The van der Waals surface area contributed by atoms with Gasteiger partial charge in [0, 0.05) is 6.08 Å². The predicted octanol–water partition coefficient (Wildman–Crippen LogP) is 3.83. The molecule has 26 heavy (non-hydrogen) atoms. The summed E-state index contributed by atoms with van der Waals surface area (Å²) < 4.78 is 10.7. The largest absolute Gasteiger partial charge is 0.497 e. The Morgan fingerprint density at radius 3 is 2.69 bits per heavy atom. The molecule has 6 heteroatoms. The molecule has 1 amide bonds. The van der Waals surface area contributed by atoms with Gasteiger partial charge in [0.15, 0.2) is 0 Å². The SMILES string of the molecule is CCCOc1ccc(C(=O)O)cc1NC(=O)/C=C/c1cccc(OC)c1. The number of hydrogen-bond acceptors (Lipinski definition) is 4. The molecule has 0 aliphatic rings. The van der Waals surface area contributed by atoms with E-state index in [9.17, 15) is 9.59 Å². The van der Waals surface area contributed by atoms with E-state index in [4.69, 9.17) is 14.6 Å². The van der Waals surface area contributed by atoms with Gasteiger partial charge in [-0.1, -0.05) is 19.1 Å².